The monoisotopic (exact) mass is 546 g/mol. The van der Waals surface area contributed by atoms with E-state index in [-0.39, 0.29) is 22.2 Å². The summed E-state index contributed by atoms with van der Waals surface area (Å²) < 4.78 is 1.63. The highest BCUT2D eigenvalue weighted by Crippen LogP contribution is 2.41. The number of thiazole rings is 1. The maximum Gasteiger partial charge on any atom is 0.352 e. The molecular formula is C20H18N8O5S3. The molecule has 0 unspecified atom stereocenters. The van der Waals surface area contributed by atoms with Gasteiger partial charge in [-0.2, -0.15) is 5.10 Å². The number of carbonyl (C=O) groups is 3. The maximum atomic E-state index is 13.0. The summed E-state index contributed by atoms with van der Waals surface area (Å²) in [4.78, 5) is 52.4. The molecule has 2 aliphatic rings. The second-order valence-electron chi connectivity index (χ2n) is 7.50. The van der Waals surface area contributed by atoms with E-state index in [1.807, 2.05) is 0 Å². The van der Waals surface area contributed by atoms with E-state index in [0.717, 1.165) is 11.3 Å². The molecule has 1 saturated heterocycles. The number of hydrogen-bond donors (Lipinski definition) is 3. The quantitative estimate of drug-likeness (QED) is 0.119. The molecule has 36 heavy (non-hydrogen) atoms. The molecule has 3 aromatic rings. The van der Waals surface area contributed by atoms with E-state index < -0.39 is 29.2 Å². The molecule has 0 aliphatic carbocycles. The average molecular weight is 547 g/mol. The smallest absolute Gasteiger partial charge is 0.352 e. The van der Waals surface area contributed by atoms with Crippen LogP contribution >= 0.6 is 34.9 Å². The third-order valence-electron chi connectivity index (χ3n) is 5.33. The summed E-state index contributed by atoms with van der Waals surface area (Å²) in [7, 11) is 1.28. The van der Waals surface area contributed by atoms with Crippen LogP contribution in [0.1, 0.15) is 5.69 Å². The summed E-state index contributed by atoms with van der Waals surface area (Å²) in [5, 5.41) is 22.3. The second kappa shape index (κ2) is 9.79. The van der Waals surface area contributed by atoms with Gasteiger partial charge >= 0.3 is 5.97 Å². The summed E-state index contributed by atoms with van der Waals surface area (Å²) in [5.41, 5.74) is 6.94. The van der Waals surface area contributed by atoms with Crippen LogP contribution in [0.15, 0.2) is 51.4 Å². The lowest BCUT2D eigenvalue weighted by Gasteiger charge is -2.49. The number of amides is 2. The second-order valence-corrected chi connectivity index (χ2v) is 10.5. The summed E-state index contributed by atoms with van der Waals surface area (Å²) in [6.07, 6.45) is 3.41. The Hall–Kier alpha value is -3.63. The van der Waals surface area contributed by atoms with E-state index in [9.17, 15) is 19.5 Å². The minimum Gasteiger partial charge on any atom is -0.477 e. The molecule has 2 amide bonds. The number of aliphatic carboxylic acids is 1. The fourth-order valence-corrected chi connectivity index (χ4v) is 6.63. The van der Waals surface area contributed by atoms with E-state index in [1.165, 1.54) is 35.5 Å². The normalized spacial score (nSPS) is 19.8. The Labute approximate surface area is 215 Å². The van der Waals surface area contributed by atoms with Gasteiger partial charge in [-0.25, -0.2) is 19.3 Å². The van der Waals surface area contributed by atoms with Gasteiger partial charge < -0.3 is 21.0 Å². The summed E-state index contributed by atoms with van der Waals surface area (Å²) >= 11 is 3.88. The fourth-order valence-electron chi connectivity index (χ4n) is 3.73. The lowest BCUT2D eigenvalue weighted by Crippen LogP contribution is -2.71. The first-order chi connectivity index (χ1) is 17.4. The first-order valence-electron chi connectivity index (χ1n) is 10.3. The van der Waals surface area contributed by atoms with Gasteiger partial charge in [0.1, 0.15) is 34.9 Å². The Balaban J connectivity index is 1.30. The number of hydrogen-bond acceptors (Lipinski definition) is 12. The van der Waals surface area contributed by atoms with Crippen LogP contribution in [0.25, 0.3) is 5.65 Å². The van der Waals surface area contributed by atoms with E-state index in [2.05, 4.69) is 25.5 Å². The molecule has 0 spiro atoms. The number of fused-ring (bicyclic) bond motifs is 2. The molecule has 5 rings (SSSR count). The fraction of sp³-hybridized carbons (Fsp3) is 0.250. The lowest BCUT2D eigenvalue weighted by molar-refractivity contribution is -0.150. The molecule has 2 atom stereocenters. The molecular weight excluding hydrogens is 528 g/mol. The molecule has 13 nitrogen and oxygen atoms in total. The Kier molecular flexibility index (Phi) is 6.55. The van der Waals surface area contributed by atoms with Crippen LogP contribution in [0.5, 0.6) is 0 Å². The molecule has 186 valence electrons. The highest BCUT2D eigenvalue weighted by atomic mass is 32.2. The Morgan fingerprint density at radius 3 is 2.94 bits per heavy atom. The SMILES string of the molecule is CO/N=C(\C(=O)N[C@@H]1C(=O)N2C(C(=O)O)=C(CSc3ccn4nccc4n3)CS[C@H]12)c1csc(N)n1. The Bertz CT molecular complexity index is 1430. The number of nitrogen functional groups attached to an aromatic ring is 1. The zero-order valence-corrected chi connectivity index (χ0v) is 21.0. The van der Waals surface area contributed by atoms with Crippen molar-refractivity contribution in [1.29, 1.82) is 0 Å². The highest BCUT2D eigenvalue weighted by Gasteiger charge is 2.54. The number of carboxylic acid groups (broad SMARTS) is 1. The van der Waals surface area contributed by atoms with E-state index in [4.69, 9.17) is 10.6 Å². The number of rotatable bonds is 8. The number of carbonyl (C=O) groups excluding carboxylic acids is 2. The van der Waals surface area contributed by atoms with Gasteiger partial charge in [0.25, 0.3) is 11.8 Å². The van der Waals surface area contributed by atoms with Gasteiger partial charge in [0.05, 0.1) is 6.20 Å². The van der Waals surface area contributed by atoms with Crippen LogP contribution in [-0.2, 0) is 19.2 Å². The minimum absolute atomic E-state index is 0.0646. The van der Waals surface area contributed by atoms with Gasteiger partial charge in [-0.15, -0.1) is 34.9 Å². The summed E-state index contributed by atoms with van der Waals surface area (Å²) in [6, 6.07) is 2.64. The van der Waals surface area contributed by atoms with Crippen molar-refractivity contribution in [2.75, 3.05) is 24.3 Å². The van der Waals surface area contributed by atoms with Gasteiger partial charge in [-0.3, -0.25) is 14.5 Å². The molecule has 0 aromatic carbocycles. The molecule has 5 heterocycles. The van der Waals surface area contributed by atoms with Crippen molar-refractivity contribution in [1.82, 2.24) is 29.8 Å². The molecule has 4 N–H and O–H groups in total. The number of carboxylic acids is 1. The number of oxime groups is 1. The number of nitrogens with two attached hydrogens (primary N) is 1. The molecule has 0 saturated carbocycles. The number of β-lactam (4-membered cyclic amide) rings is 1. The van der Waals surface area contributed by atoms with Crippen LogP contribution < -0.4 is 11.1 Å². The van der Waals surface area contributed by atoms with Gasteiger partial charge in [-0.05, 0) is 11.6 Å². The average Bonchev–Trinajstić information content (AvgIpc) is 3.51. The zero-order valence-electron chi connectivity index (χ0n) is 18.5. The van der Waals surface area contributed by atoms with Crippen LogP contribution in [0, 0.1) is 0 Å². The predicted molar refractivity (Wildman–Crippen MR) is 133 cm³/mol. The van der Waals surface area contributed by atoms with Crippen molar-refractivity contribution < 1.29 is 24.3 Å². The van der Waals surface area contributed by atoms with Gasteiger partial charge in [-0.1, -0.05) is 5.16 Å². The predicted octanol–water partition coefficient (Wildman–Crippen LogP) is 0.649. The first kappa shape index (κ1) is 24.1. The lowest BCUT2D eigenvalue weighted by atomic mass is 10.0. The first-order valence-corrected chi connectivity index (χ1v) is 13.3. The van der Waals surface area contributed by atoms with Crippen molar-refractivity contribution in [3.63, 3.8) is 0 Å². The molecule has 16 heteroatoms. The number of aromatic nitrogens is 4. The van der Waals surface area contributed by atoms with Crippen LogP contribution in [0.2, 0.25) is 0 Å². The minimum atomic E-state index is -1.20. The van der Waals surface area contributed by atoms with Crippen molar-refractivity contribution >= 4 is 69.1 Å². The van der Waals surface area contributed by atoms with E-state index in [1.54, 1.807) is 34.4 Å². The number of anilines is 1. The third-order valence-corrected chi connectivity index (χ3v) is 8.35. The van der Waals surface area contributed by atoms with Crippen molar-refractivity contribution in [3.8, 4) is 0 Å². The van der Waals surface area contributed by atoms with Crippen molar-refractivity contribution in [3.05, 3.63) is 46.9 Å². The van der Waals surface area contributed by atoms with E-state index >= 15 is 0 Å². The largest absolute Gasteiger partial charge is 0.477 e. The summed E-state index contributed by atoms with van der Waals surface area (Å²) in [5.74, 6) is -1.67. The number of thioether (sulfide) groups is 2. The molecule has 3 aromatic heterocycles. The van der Waals surface area contributed by atoms with Gasteiger partial charge in [0.15, 0.2) is 16.5 Å². The van der Waals surface area contributed by atoms with Crippen molar-refractivity contribution in [2.45, 2.75) is 16.4 Å². The zero-order chi connectivity index (χ0) is 25.4. The van der Waals surface area contributed by atoms with Crippen molar-refractivity contribution in [2.24, 2.45) is 5.16 Å². The van der Waals surface area contributed by atoms with Crippen LogP contribution in [0.4, 0.5) is 5.13 Å². The van der Waals surface area contributed by atoms with Gasteiger partial charge in [0.2, 0.25) is 0 Å². The Morgan fingerprint density at radius 2 is 2.22 bits per heavy atom. The number of nitrogens with one attached hydrogen (secondary N) is 1. The van der Waals surface area contributed by atoms with Crippen LogP contribution in [-0.4, -0.2) is 83.1 Å². The highest BCUT2D eigenvalue weighted by molar-refractivity contribution is 8.01. The van der Waals surface area contributed by atoms with E-state index in [0.29, 0.717) is 27.8 Å². The topological polar surface area (TPSA) is 177 Å². The molecule has 1 fully saturated rings. The summed E-state index contributed by atoms with van der Waals surface area (Å²) in [6.45, 7) is 0. The third kappa shape index (κ3) is 4.38. The maximum absolute atomic E-state index is 13.0. The molecule has 0 bridgehead atoms. The Morgan fingerprint density at radius 1 is 1.39 bits per heavy atom. The molecule has 0 radical (unpaired) electrons. The standard InChI is InChI=1S/C20H18N8O5S3/c1-33-26-13(10-8-36-20(21)23-10)16(29)25-14-17(30)28-15(19(31)32)9(7-35-18(14)28)6-34-12-3-5-27-11(24-12)2-4-22-27/h2-5,8,14,18H,6-7H2,1H3,(H2,21,23)(H,25,29)(H,31,32)/b26-13-/t14-,18-/m1/s1. The van der Waals surface area contributed by atoms with Crippen LogP contribution in [0.3, 0.4) is 0 Å². The molecule has 2 aliphatic heterocycles. The van der Waals surface area contributed by atoms with Gasteiger partial charge in [0, 0.05) is 29.1 Å². The number of nitrogens with zero attached hydrogens (tertiary/aromatic N) is 6.